The van der Waals surface area contributed by atoms with Crippen LogP contribution in [0.4, 0.5) is 10.8 Å². The van der Waals surface area contributed by atoms with E-state index < -0.39 is 0 Å². The third-order valence-corrected chi connectivity index (χ3v) is 3.69. The molecule has 0 saturated heterocycles. The number of fused-ring (bicyclic) bond motifs is 1. The lowest BCUT2D eigenvalue weighted by atomic mass is 10.1. The third-order valence-electron chi connectivity index (χ3n) is 3.02. The molecule has 19 heavy (non-hydrogen) atoms. The molecule has 2 heterocycles. The first kappa shape index (κ1) is 12.0. The average molecular weight is 275 g/mol. The Bertz CT molecular complexity index is 639. The summed E-state index contributed by atoms with van der Waals surface area (Å²) in [7, 11) is 0. The first-order valence-electron chi connectivity index (χ1n) is 5.91. The Hall–Kier alpha value is -2.08. The van der Waals surface area contributed by atoms with E-state index in [0.29, 0.717) is 18.3 Å². The Morgan fingerprint density at radius 2 is 2.37 bits per heavy atom. The van der Waals surface area contributed by atoms with Gasteiger partial charge in [-0.3, -0.25) is 4.79 Å². The number of hydrogen-bond donors (Lipinski definition) is 1. The number of nitrogen functional groups attached to an aromatic ring is 1. The van der Waals surface area contributed by atoms with Crippen molar-refractivity contribution in [2.24, 2.45) is 0 Å². The molecule has 0 spiro atoms. The highest BCUT2D eigenvalue weighted by Crippen LogP contribution is 2.36. The molecule has 0 radical (unpaired) electrons. The number of hydrogen-bond acceptors (Lipinski definition) is 5. The fraction of sp³-hybridized carbons (Fsp3) is 0.231. The molecule has 0 fully saturated rings. The maximum atomic E-state index is 11.7. The van der Waals surface area contributed by atoms with Gasteiger partial charge in [0.2, 0.25) is 5.91 Å². The summed E-state index contributed by atoms with van der Waals surface area (Å²) in [5.41, 5.74) is 8.19. The van der Waals surface area contributed by atoms with Crippen LogP contribution in [0.5, 0.6) is 5.75 Å². The highest BCUT2D eigenvalue weighted by atomic mass is 32.1. The number of carbonyl (C=O) groups is 1. The summed E-state index contributed by atoms with van der Waals surface area (Å²) in [5, 5.41) is 2.44. The molecule has 2 aromatic rings. The minimum absolute atomic E-state index is 0.0134. The smallest absolute Gasteiger partial charge is 0.224 e. The van der Waals surface area contributed by atoms with Gasteiger partial charge in [-0.2, -0.15) is 0 Å². The van der Waals surface area contributed by atoms with Crippen molar-refractivity contribution in [2.75, 3.05) is 23.8 Å². The number of ether oxygens (including phenoxy) is 1. The van der Waals surface area contributed by atoms with Crippen molar-refractivity contribution in [3.63, 3.8) is 0 Å². The lowest BCUT2D eigenvalue weighted by Gasteiger charge is -2.28. The maximum Gasteiger partial charge on any atom is 0.224 e. The first-order valence-corrected chi connectivity index (χ1v) is 6.79. The Kier molecular flexibility index (Phi) is 2.87. The number of nitrogens with two attached hydrogens (primary N) is 1. The van der Waals surface area contributed by atoms with Crippen LogP contribution < -0.4 is 15.4 Å². The van der Waals surface area contributed by atoms with Gasteiger partial charge < -0.3 is 15.4 Å². The number of thiazole rings is 1. The molecule has 1 aliphatic heterocycles. The molecule has 0 unspecified atom stereocenters. The molecule has 0 atom stereocenters. The highest BCUT2D eigenvalue weighted by Gasteiger charge is 2.21. The van der Waals surface area contributed by atoms with Gasteiger partial charge in [0.1, 0.15) is 12.4 Å². The van der Waals surface area contributed by atoms with Gasteiger partial charge in [-0.15, -0.1) is 11.3 Å². The van der Waals surface area contributed by atoms with E-state index in [1.165, 1.54) is 11.3 Å². The molecule has 0 bridgehead atoms. The van der Waals surface area contributed by atoms with E-state index >= 15 is 0 Å². The topological polar surface area (TPSA) is 68.5 Å². The number of benzene rings is 1. The second-order valence-corrected chi connectivity index (χ2v) is 5.16. The maximum absolute atomic E-state index is 11.7. The van der Waals surface area contributed by atoms with Crippen LogP contribution in [-0.2, 0) is 4.79 Å². The van der Waals surface area contributed by atoms with E-state index in [9.17, 15) is 4.79 Å². The van der Waals surface area contributed by atoms with Gasteiger partial charge in [0, 0.05) is 17.9 Å². The minimum atomic E-state index is 0.0134. The summed E-state index contributed by atoms with van der Waals surface area (Å²) < 4.78 is 5.56. The molecule has 1 aromatic carbocycles. The minimum Gasteiger partial charge on any atom is -0.490 e. The quantitative estimate of drug-likeness (QED) is 0.865. The summed E-state index contributed by atoms with van der Waals surface area (Å²) in [5.74, 6) is 0.743. The summed E-state index contributed by atoms with van der Waals surface area (Å²) >= 11 is 1.40. The van der Waals surface area contributed by atoms with Crippen LogP contribution in [0.3, 0.4) is 0 Å². The molecule has 1 aliphatic rings. The van der Waals surface area contributed by atoms with Crippen LogP contribution in [0.25, 0.3) is 11.3 Å². The Labute approximate surface area is 114 Å². The van der Waals surface area contributed by atoms with Crippen molar-refractivity contribution in [3.8, 4) is 17.0 Å². The fourth-order valence-corrected chi connectivity index (χ4v) is 2.70. The lowest BCUT2D eigenvalue weighted by molar-refractivity contribution is -0.116. The summed E-state index contributed by atoms with van der Waals surface area (Å²) in [6, 6.07) is 5.72. The first-order chi connectivity index (χ1) is 9.15. The zero-order valence-corrected chi connectivity index (χ0v) is 11.2. The number of anilines is 2. The van der Waals surface area contributed by atoms with Crippen molar-refractivity contribution in [1.29, 1.82) is 0 Å². The van der Waals surface area contributed by atoms with E-state index in [0.717, 1.165) is 22.7 Å². The van der Waals surface area contributed by atoms with Crippen molar-refractivity contribution < 1.29 is 9.53 Å². The van der Waals surface area contributed by atoms with Gasteiger partial charge in [-0.1, -0.05) is 0 Å². The van der Waals surface area contributed by atoms with Crippen molar-refractivity contribution in [2.45, 2.75) is 6.92 Å². The number of aromatic nitrogens is 1. The Balaban J connectivity index is 2.06. The number of carbonyl (C=O) groups excluding carboxylic acids is 1. The fourth-order valence-electron chi connectivity index (χ4n) is 2.12. The normalized spacial score (nSPS) is 13.8. The molecule has 5 nitrogen and oxygen atoms in total. The van der Waals surface area contributed by atoms with E-state index in [1.54, 1.807) is 11.8 Å². The third kappa shape index (κ3) is 2.15. The molecule has 0 aliphatic carbocycles. The molecular formula is C13H13N3O2S. The Morgan fingerprint density at radius 1 is 1.53 bits per heavy atom. The van der Waals surface area contributed by atoms with Crippen LogP contribution >= 0.6 is 11.3 Å². The van der Waals surface area contributed by atoms with E-state index in [4.69, 9.17) is 10.5 Å². The zero-order valence-electron chi connectivity index (χ0n) is 10.4. The second-order valence-electron chi connectivity index (χ2n) is 4.27. The van der Waals surface area contributed by atoms with Crippen molar-refractivity contribution in [1.82, 2.24) is 4.98 Å². The predicted octanol–water partition coefficient (Wildman–Crippen LogP) is 2.14. The van der Waals surface area contributed by atoms with Gasteiger partial charge in [-0.25, -0.2) is 4.98 Å². The standard InChI is InChI=1S/C13H13N3O2S/c1-8(17)16-4-5-18-12-3-2-9(6-11(12)16)10-7-19-13(14)15-10/h2-3,6-7H,4-5H2,1H3,(H2,14,15). The highest BCUT2D eigenvalue weighted by molar-refractivity contribution is 7.13. The number of nitrogens with zero attached hydrogens (tertiary/aromatic N) is 2. The second kappa shape index (κ2) is 4.55. The molecule has 6 heteroatoms. The van der Waals surface area contributed by atoms with E-state index in [2.05, 4.69) is 4.98 Å². The zero-order chi connectivity index (χ0) is 13.4. The van der Waals surface area contributed by atoms with Gasteiger partial charge >= 0.3 is 0 Å². The summed E-state index contributed by atoms with van der Waals surface area (Å²) in [4.78, 5) is 17.6. The van der Waals surface area contributed by atoms with Gasteiger partial charge in [0.15, 0.2) is 5.13 Å². The van der Waals surface area contributed by atoms with E-state index in [1.807, 2.05) is 23.6 Å². The lowest BCUT2D eigenvalue weighted by Crippen LogP contribution is -2.36. The van der Waals surface area contributed by atoms with Crippen LogP contribution in [0.1, 0.15) is 6.92 Å². The predicted molar refractivity (Wildman–Crippen MR) is 75.5 cm³/mol. The monoisotopic (exact) mass is 275 g/mol. The summed E-state index contributed by atoms with van der Waals surface area (Å²) in [6.07, 6.45) is 0. The van der Waals surface area contributed by atoms with E-state index in [-0.39, 0.29) is 5.91 Å². The molecular weight excluding hydrogens is 262 g/mol. The molecule has 3 rings (SSSR count). The van der Waals surface area contributed by atoms with Gasteiger partial charge in [0.05, 0.1) is 17.9 Å². The van der Waals surface area contributed by atoms with Crippen LogP contribution in [0, 0.1) is 0 Å². The molecule has 98 valence electrons. The van der Waals surface area contributed by atoms with Gasteiger partial charge in [0.25, 0.3) is 0 Å². The molecule has 2 N–H and O–H groups in total. The summed E-state index contributed by atoms with van der Waals surface area (Å²) in [6.45, 7) is 2.66. The number of rotatable bonds is 1. The largest absolute Gasteiger partial charge is 0.490 e. The van der Waals surface area contributed by atoms with Crippen molar-refractivity contribution >= 4 is 28.1 Å². The van der Waals surface area contributed by atoms with Crippen LogP contribution in [0.2, 0.25) is 0 Å². The Morgan fingerprint density at radius 3 is 3.05 bits per heavy atom. The van der Waals surface area contributed by atoms with Gasteiger partial charge in [-0.05, 0) is 18.2 Å². The average Bonchev–Trinajstić information content (AvgIpc) is 2.84. The number of amides is 1. The molecule has 1 amide bonds. The van der Waals surface area contributed by atoms with Crippen LogP contribution in [-0.4, -0.2) is 24.0 Å². The van der Waals surface area contributed by atoms with Crippen molar-refractivity contribution in [3.05, 3.63) is 23.6 Å². The molecule has 0 saturated carbocycles. The SMILES string of the molecule is CC(=O)N1CCOc2ccc(-c3csc(N)n3)cc21. The molecule has 1 aromatic heterocycles. The van der Waals surface area contributed by atoms with Crippen LogP contribution in [0.15, 0.2) is 23.6 Å².